The summed E-state index contributed by atoms with van der Waals surface area (Å²) in [4.78, 5) is 26.5. The maximum atomic E-state index is 12.6. The van der Waals surface area contributed by atoms with Crippen LogP contribution in [0.1, 0.15) is 18.4 Å². The number of hydrogen-bond donors (Lipinski definition) is 0. The molecule has 1 aromatic carbocycles. The minimum Gasteiger partial charge on any atom is -0.276 e. The van der Waals surface area contributed by atoms with Crippen molar-refractivity contribution < 1.29 is 18.0 Å². The van der Waals surface area contributed by atoms with E-state index in [2.05, 4.69) is 0 Å². The smallest absolute Gasteiger partial charge is 0.243 e. The van der Waals surface area contributed by atoms with E-state index in [9.17, 15) is 18.0 Å². The molecule has 0 N–H and O–H groups in total. The van der Waals surface area contributed by atoms with Crippen molar-refractivity contribution in [3.63, 3.8) is 0 Å². The van der Waals surface area contributed by atoms with Gasteiger partial charge in [0.2, 0.25) is 21.8 Å². The SMILES string of the molecule is N#Cc1ccc(S(=O)(=O)N2CC(N3C(=O)C4CC=CCC4C3=O)C2)cc1. The second kappa shape index (κ2) is 6.04. The minimum absolute atomic E-state index is 0.104. The molecule has 0 radical (unpaired) electrons. The molecule has 0 spiro atoms. The molecule has 1 aliphatic carbocycles. The predicted molar refractivity (Wildman–Crippen MR) is 90.9 cm³/mol. The average molecular weight is 371 g/mol. The molecule has 7 nitrogen and oxygen atoms in total. The van der Waals surface area contributed by atoms with Gasteiger partial charge in [-0.2, -0.15) is 9.57 Å². The Balaban J connectivity index is 1.47. The molecule has 4 rings (SSSR count). The number of allylic oxidation sites excluding steroid dienone is 2. The summed E-state index contributed by atoms with van der Waals surface area (Å²) in [5.74, 6) is -0.942. The van der Waals surface area contributed by atoms with Crippen LogP contribution in [0, 0.1) is 23.2 Å². The van der Waals surface area contributed by atoms with Gasteiger partial charge in [-0.1, -0.05) is 12.2 Å². The molecule has 3 aliphatic rings. The maximum absolute atomic E-state index is 12.6. The van der Waals surface area contributed by atoms with Gasteiger partial charge >= 0.3 is 0 Å². The summed E-state index contributed by atoms with van der Waals surface area (Å²) in [5.41, 5.74) is 0.384. The van der Waals surface area contributed by atoms with Crippen molar-refractivity contribution in [2.24, 2.45) is 11.8 Å². The van der Waals surface area contributed by atoms with E-state index in [1.165, 1.54) is 33.5 Å². The van der Waals surface area contributed by atoms with Crippen molar-refractivity contribution in [3.05, 3.63) is 42.0 Å². The number of amides is 2. The van der Waals surface area contributed by atoms with E-state index < -0.39 is 16.1 Å². The Bertz CT molecular complexity index is 914. The summed E-state index contributed by atoms with van der Waals surface area (Å²) in [5, 5.41) is 8.81. The first-order valence-electron chi connectivity index (χ1n) is 8.45. The molecule has 2 unspecified atom stereocenters. The van der Waals surface area contributed by atoms with Gasteiger partial charge in [0.15, 0.2) is 0 Å². The first-order chi connectivity index (χ1) is 12.4. The molecule has 2 heterocycles. The topological polar surface area (TPSA) is 98.5 Å². The van der Waals surface area contributed by atoms with E-state index in [1.54, 1.807) is 0 Å². The van der Waals surface area contributed by atoms with E-state index in [0.717, 1.165) is 0 Å². The Hall–Kier alpha value is -2.50. The molecular formula is C18H17N3O4S. The van der Waals surface area contributed by atoms with Gasteiger partial charge in [0.05, 0.1) is 34.4 Å². The van der Waals surface area contributed by atoms with Crippen molar-refractivity contribution in [1.82, 2.24) is 9.21 Å². The number of hydrogen-bond acceptors (Lipinski definition) is 5. The van der Waals surface area contributed by atoms with Crippen LogP contribution in [0.15, 0.2) is 41.3 Å². The molecule has 0 bridgehead atoms. The fraction of sp³-hybridized carbons (Fsp3) is 0.389. The van der Waals surface area contributed by atoms with Crippen LogP contribution in [-0.2, 0) is 19.6 Å². The zero-order chi connectivity index (χ0) is 18.5. The lowest BCUT2D eigenvalue weighted by atomic mass is 9.85. The van der Waals surface area contributed by atoms with Gasteiger partial charge in [-0.3, -0.25) is 14.5 Å². The van der Waals surface area contributed by atoms with Crippen molar-refractivity contribution in [1.29, 1.82) is 5.26 Å². The van der Waals surface area contributed by atoms with E-state index in [-0.39, 0.29) is 41.6 Å². The lowest BCUT2D eigenvalue weighted by Crippen LogP contribution is -2.62. The second-order valence-electron chi connectivity index (χ2n) is 6.81. The molecule has 2 aliphatic heterocycles. The Morgan fingerprint density at radius 2 is 1.50 bits per heavy atom. The molecule has 0 aromatic heterocycles. The van der Waals surface area contributed by atoms with Crippen molar-refractivity contribution in [3.8, 4) is 6.07 Å². The molecule has 134 valence electrons. The molecule has 26 heavy (non-hydrogen) atoms. The maximum Gasteiger partial charge on any atom is 0.243 e. The third-order valence-corrected chi connectivity index (χ3v) is 7.20. The lowest BCUT2D eigenvalue weighted by Gasteiger charge is -2.42. The van der Waals surface area contributed by atoms with Crippen molar-refractivity contribution in [2.75, 3.05) is 13.1 Å². The number of carbonyl (C=O) groups excluding carboxylic acids is 2. The standard InChI is InChI=1S/C18H17N3O4S/c19-9-12-5-7-14(8-6-12)26(24,25)20-10-13(11-20)21-17(22)15-3-1-2-4-16(15)18(21)23/h1-2,5-8,13,15-16H,3-4,10-11H2. The number of sulfonamides is 1. The Kier molecular flexibility index (Phi) is 3.93. The van der Waals surface area contributed by atoms with Gasteiger partial charge in [-0.15, -0.1) is 0 Å². The first kappa shape index (κ1) is 16.9. The molecule has 0 saturated carbocycles. The Morgan fingerprint density at radius 3 is 2.00 bits per heavy atom. The lowest BCUT2D eigenvalue weighted by molar-refractivity contribution is -0.145. The van der Waals surface area contributed by atoms with Gasteiger partial charge in [0.25, 0.3) is 0 Å². The highest BCUT2D eigenvalue weighted by Gasteiger charge is 2.53. The van der Waals surface area contributed by atoms with Crippen LogP contribution in [-0.4, -0.2) is 48.6 Å². The quantitative estimate of drug-likeness (QED) is 0.580. The molecule has 2 fully saturated rings. The van der Waals surface area contributed by atoms with Crippen molar-refractivity contribution in [2.45, 2.75) is 23.8 Å². The predicted octanol–water partition coefficient (Wildman–Crippen LogP) is 0.882. The summed E-state index contributed by atoms with van der Waals surface area (Å²) in [6.07, 6.45) is 5.01. The fourth-order valence-electron chi connectivity index (χ4n) is 3.81. The fourth-order valence-corrected chi connectivity index (χ4v) is 5.33. The van der Waals surface area contributed by atoms with Crippen LogP contribution >= 0.6 is 0 Å². The zero-order valence-electron chi connectivity index (χ0n) is 13.9. The van der Waals surface area contributed by atoms with Crippen LogP contribution in [0.3, 0.4) is 0 Å². The van der Waals surface area contributed by atoms with Crippen LogP contribution in [0.4, 0.5) is 0 Å². The summed E-state index contributed by atoms with van der Waals surface area (Å²) in [6.45, 7) is 0.235. The van der Waals surface area contributed by atoms with Crippen LogP contribution in [0.25, 0.3) is 0 Å². The minimum atomic E-state index is -3.69. The Labute approximate surface area is 151 Å². The van der Waals surface area contributed by atoms with E-state index >= 15 is 0 Å². The third-order valence-electron chi connectivity index (χ3n) is 5.36. The summed E-state index contributed by atoms with van der Waals surface area (Å²) in [6, 6.07) is 7.25. The van der Waals surface area contributed by atoms with Gasteiger partial charge in [-0.05, 0) is 37.1 Å². The van der Waals surface area contributed by atoms with E-state index in [0.29, 0.717) is 18.4 Å². The molecule has 2 saturated heterocycles. The molecule has 1 aromatic rings. The number of rotatable bonds is 3. The highest BCUT2D eigenvalue weighted by Crippen LogP contribution is 2.38. The highest BCUT2D eigenvalue weighted by atomic mass is 32.2. The van der Waals surface area contributed by atoms with Crippen molar-refractivity contribution >= 4 is 21.8 Å². The monoisotopic (exact) mass is 371 g/mol. The van der Waals surface area contributed by atoms with Gasteiger partial charge in [0.1, 0.15) is 0 Å². The molecular weight excluding hydrogens is 354 g/mol. The van der Waals surface area contributed by atoms with Crippen LogP contribution < -0.4 is 0 Å². The third kappa shape index (κ3) is 2.47. The van der Waals surface area contributed by atoms with Crippen LogP contribution in [0.5, 0.6) is 0 Å². The van der Waals surface area contributed by atoms with E-state index in [1.807, 2.05) is 18.2 Å². The number of imide groups is 1. The number of carbonyl (C=O) groups is 2. The molecule has 2 atom stereocenters. The molecule has 8 heteroatoms. The number of nitrogens with zero attached hydrogens (tertiary/aromatic N) is 3. The normalized spacial score (nSPS) is 26.5. The number of fused-ring (bicyclic) bond motifs is 1. The summed E-state index contributed by atoms with van der Waals surface area (Å²) >= 11 is 0. The number of benzene rings is 1. The van der Waals surface area contributed by atoms with Gasteiger partial charge in [0, 0.05) is 13.1 Å². The zero-order valence-corrected chi connectivity index (χ0v) is 14.7. The largest absolute Gasteiger partial charge is 0.276 e. The second-order valence-corrected chi connectivity index (χ2v) is 8.75. The summed E-state index contributed by atoms with van der Waals surface area (Å²) in [7, 11) is -3.69. The van der Waals surface area contributed by atoms with Crippen LogP contribution in [0.2, 0.25) is 0 Å². The van der Waals surface area contributed by atoms with Gasteiger partial charge < -0.3 is 0 Å². The highest BCUT2D eigenvalue weighted by molar-refractivity contribution is 7.89. The average Bonchev–Trinajstić information content (AvgIpc) is 2.86. The number of likely N-dealkylation sites (tertiary alicyclic amines) is 1. The molecule has 2 amide bonds. The first-order valence-corrected chi connectivity index (χ1v) is 9.89. The Morgan fingerprint density at radius 1 is 0.962 bits per heavy atom. The summed E-state index contributed by atoms with van der Waals surface area (Å²) < 4.78 is 26.5. The van der Waals surface area contributed by atoms with E-state index in [4.69, 9.17) is 5.26 Å². The number of nitriles is 1. The van der Waals surface area contributed by atoms with Gasteiger partial charge in [-0.25, -0.2) is 8.42 Å².